The Labute approximate surface area is 139 Å². The lowest BCUT2D eigenvalue weighted by Crippen LogP contribution is -2.33. The Bertz CT molecular complexity index is 729. The van der Waals surface area contributed by atoms with E-state index in [-0.39, 0.29) is 36.7 Å². The molecule has 2 atom stereocenters. The molecule has 0 radical (unpaired) electrons. The first kappa shape index (κ1) is 16.1. The molecule has 0 bridgehead atoms. The topological polar surface area (TPSA) is 93.0 Å². The monoisotopic (exact) mass is 328 g/mol. The molecule has 1 saturated heterocycles. The molecule has 0 saturated carbocycles. The van der Waals surface area contributed by atoms with Crippen molar-refractivity contribution in [3.63, 3.8) is 0 Å². The highest BCUT2D eigenvalue weighted by atomic mass is 16.2. The zero-order chi connectivity index (χ0) is 17.1. The molecule has 2 aromatic rings. The third kappa shape index (κ3) is 3.42. The van der Waals surface area contributed by atoms with Gasteiger partial charge in [-0.05, 0) is 17.7 Å². The molecule has 1 fully saturated rings. The molecule has 2 heterocycles. The molecule has 126 valence electrons. The van der Waals surface area contributed by atoms with Gasteiger partial charge in [0.05, 0.1) is 25.6 Å². The fraction of sp³-hybridized carbons (Fsp3) is 0.438. The number of benzene rings is 1. The lowest BCUT2D eigenvalue weighted by Gasteiger charge is -2.25. The minimum atomic E-state index is -0.347. The van der Waals surface area contributed by atoms with Gasteiger partial charge in [0.2, 0.25) is 11.8 Å². The Morgan fingerprint density at radius 3 is 2.79 bits per heavy atom. The van der Waals surface area contributed by atoms with Crippen LogP contribution in [0.15, 0.2) is 30.3 Å². The molecule has 2 amide bonds. The molecule has 0 unspecified atom stereocenters. The summed E-state index contributed by atoms with van der Waals surface area (Å²) in [6, 6.07) is 9.78. The molecular formula is C16H20N6O2. The van der Waals surface area contributed by atoms with Crippen LogP contribution in [0.1, 0.15) is 30.8 Å². The van der Waals surface area contributed by atoms with Crippen LogP contribution in [-0.2, 0) is 23.2 Å². The predicted octanol–water partition coefficient (Wildman–Crippen LogP) is 0.436. The van der Waals surface area contributed by atoms with Gasteiger partial charge in [-0.1, -0.05) is 30.3 Å². The third-order valence-corrected chi connectivity index (χ3v) is 4.25. The van der Waals surface area contributed by atoms with Gasteiger partial charge in [-0.25, -0.2) is 0 Å². The van der Waals surface area contributed by atoms with E-state index in [1.807, 2.05) is 37.3 Å². The molecule has 24 heavy (non-hydrogen) atoms. The Morgan fingerprint density at radius 2 is 2.12 bits per heavy atom. The number of hydrogen-bond acceptors (Lipinski definition) is 5. The van der Waals surface area contributed by atoms with E-state index in [4.69, 9.17) is 0 Å². The maximum atomic E-state index is 12.3. The van der Waals surface area contributed by atoms with E-state index in [9.17, 15) is 9.59 Å². The minimum absolute atomic E-state index is 0.00382. The molecule has 1 N–H and O–H groups in total. The molecule has 8 nitrogen and oxygen atoms in total. The lowest BCUT2D eigenvalue weighted by atomic mass is 10.1. The number of likely N-dealkylation sites (tertiary alicyclic amines) is 1. The second-order valence-corrected chi connectivity index (χ2v) is 5.95. The van der Waals surface area contributed by atoms with Crippen LogP contribution >= 0.6 is 0 Å². The zero-order valence-electron chi connectivity index (χ0n) is 13.7. The summed E-state index contributed by atoms with van der Waals surface area (Å²) in [6.45, 7) is 2.62. The molecule has 1 aromatic carbocycles. The smallest absolute Gasteiger partial charge is 0.225 e. The van der Waals surface area contributed by atoms with Gasteiger partial charge in [0, 0.05) is 13.0 Å². The number of carbonyl (C=O) groups excluding carboxylic acids is 2. The van der Waals surface area contributed by atoms with Crippen LogP contribution in [0.5, 0.6) is 0 Å². The third-order valence-electron chi connectivity index (χ3n) is 4.25. The maximum Gasteiger partial charge on any atom is 0.225 e. The molecule has 3 rings (SSSR count). The number of rotatable bonds is 5. The Kier molecular flexibility index (Phi) is 4.54. The summed E-state index contributed by atoms with van der Waals surface area (Å²) in [6.07, 6.45) is 0.233. The van der Waals surface area contributed by atoms with Crippen molar-refractivity contribution in [2.75, 3.05) is 6.54 Å². The van der Waals surface area contributed by atoms with Crippen molar-refractivity contribution >= 4 is 11.8 Å². The van der Waals surface area contributed by atoms with E-state index < -0.39 is 0 Å². The quantitative estimate of drug-likeness (QED) is 0.859. The molecule has 1 aromatic heterocycles. The van der Waals surface area contributed by atoms with Crippen LogP contribution in [0.3, 0.4) is 0 Å². The van der Waals surface area contributed by atoms with Crippen molar-refractivity contribution < 1.29 is 9.59 Å². The normalized spacial score (nSPS) is 18.7. The highest BCUT2D eigenvalue weighted by Crippen LogP contribution is 2.28. The Balaban J connectivity index is 1.58. The van der Waals surface area contributed by atoms with Crippen molar-refractivity contribution in [3.8, 4) is 0 Å². The first-order chi connectivity index (χ1) is 11.5. The minimum Gasteiger partial charge on any atom is -0.348 e. The van der Waals surface area contributed by atoms with E-state index in [0.29, 0.717) is 12.4 Å². The van der Waals surface area contributed by atoms with Gasteiger partial charge in [0.25, 0.3) is 0 Å². The number of carbonyl (C=O) groups is 2. The average Bonchev–Trinajstić information content (AvgIpc) is 3.18. The highest BCUT2D eigenvalue weighted by molar-refractivity contribution is 5.89. The van der Waals surface area contributed by atoms with E-state index in [1.54, 1.807) is 11.9 Å². The SMILES string of the molecule is C[C@@H](c1ccccc1)N1C[C@@H](C(=O)NCc2nnn(C)n2)CC1=O. The summed E-state index contributed by atoms with van der Waals surface area (Å²) in [5.74, 6) is -0.0484. The molecular weight excluding hydrogens is 308 g/mol. The lowest BCUT2D eigenvalue weighted by molar-refractivity contribution is -0.130. The number of nitrogens with zero attached hydrogens (tertiary/aromatic N) is 5. The largest absolute Gasteiger partial charge is 0.348 e. The van der Waals surface area contributed by atoms with Crippen molar-refractivity contribution in [2.24, 2.45) is 13.0 Å². The van der Waals surface area contributed by atoms with Crippen LogP contribution in [0, 0.1) is 5.92 Å². The molecule has 1 aliphatic rings. The second kappa shape index (κ2) is 6.77. The zero-order valence-corrected chi connectivity index (χ0v) is 13.7. The van der Waals surface area contributed by atoms with Crippen LogP contribution in [0.2, 0.25) is 0 Å². The Hall–Kier alpha value is -2.77. The predicted molar refractivity (Wildman–Crippen MR) is 85.3 cm³/mol. The van der Waals surface area contributed by atoms with Crippen molar-refractivity contribution in [2.45, 2.75) is 25.9 Å². The Morgan fingerprint density at radius 1 is 1.38 bits per heavy atom. The van der Waals surface area contributed by atoms with Crippen molar-refractivity contribution in [3.05, 3.63) is 41.7 Å². The number of tetrazole rings is 1. The molecule has 0 spiro atoms. The van der Waals surface area contributed by atoms with Gasteiger partial charge in [0.15, 0.2) is 5.82 Å². The van der Waals surface area contributed by atoms with Gasteiger partial charge < -0.3 is 10.2 Å². The summed E-state index contributed by atoms with van der Waals surface area (Å²) >= 11 is 0. The second-order valence-electron chi connectivity index (χ2n) is 5.95. The summed E-state index contributed by atoms with van der Waals surface area (Å²) in [5.41, 5.74) is 1.07. The fourth-order valence-electron chi connectivity index (χ4n) is 2.90. The first-order valence-corrected chi connectivity index (χ1v) is 7.89. The number of amides is 2. The fourth-order valence-corrected chi connectivity index (χ4v) is 2.90. The van der Waals surface area contributed by atoms with Gasteiger partial charge in [-0.15, -0.1) is 10.2 Å². The van der Waals surface area contributed by atoms with Crippen LogP contribution < -0.4 is 5.32 Å². The van der Waals surface area contributed by atoms with Crippen molar-refractivity contribution in [1.29, 1.82) is 0 Å². The van der Waals surface area contributed by atoms with Crippen molar-refractivity contribution in [1.82, 2.24) is 30.4 Å². The standard InChI is InChI=1S/C16H20N6O2/c1-11(12-6-4-3-5-7-12)22-10-13(8-15(22)23)16(24)17-9-14-18-20-21(2)19-14/h3-7,11,13H,8-10H2,1-2H3,(H,17,24)/t11-,13-/m0/s1. The summed E-state index contributed by atoms with van der Waals surface area (Å²) in [5, 5.41) is 14.3. The number of nitrogens with one attached hydrogen (secondary N) is 1. The first-order valence-electron chi connectivity index (χ1n) is 7.89. The molecule has 8 heteroatoms. The van der Waals surface area contributed by atoms with E-state index in [1.165, 1.54) is 4.80 Å². The maximum absolute atomic E-state index is 12.3. The summed E-state index contributed by atoms with van der Waals surface area (Å²) in [4.78, 5) is 27.7. The number of hydrogen-bond donors (Lipinski definition) is 1. The molecule has 0 aliphatic carbocycles. The van der Waals surface area contributed by atoms with Crippen LogP contribution in [0.4, 0.5) is 0 Å². The van der Waals surface area contributed by atoms with E-state index >= 15 is 0 Å². The van der Waals surface area contributed by atoms with Gasteiger partial charge in [-0.2, -0.15) is 4.80 Å². The van der Waals surface area contributed by atoms with Gasteiger partial charge >= 0.3 is 0 Å². The van der Waals surface area contributed by atoms with Gasteiger partial charge in [0.1, 0.15) is 0 Å². The van der Waals surface area contributed by atoms with Crippen LogP contribution in [0.25, 0.3) is 0 Å². The number of aromatic nitrogens is 4. The summed E-state index contributed by atoms with van der Waals surface area (Å²) < 4.78 is 0. The molecule has 1 aliphatic heterocycles. The average molecular weight is 328 g/mol. The highest BCUT2D eigenvalue weighted by Gasteiger charge is 2.36. The van der Waals surface area contributed by atoms with E-state index in [0.717, 1.165) is 5.56 Å². The van der Waals surface area contributed by atoms with E-state index in [2.05, 4.69) is 20.7 Å². The number of aryl methyl sites for hydroxylation is 1. The summed E-state index contributed by atoms with van der Waals surface area (Å²) in [7, 11) is 1.66. The van der Waals surface area contributed by atoms with Crippen LogP contribution in [-0.4, -0.2) is 43.5 Å². The van der Waals surface area contributed by atoms with Gasteiger partial charge in [-0.3, -0.25) is 9.59 Å².